The first-order chi connectivity index (χ1) is 7.09. The number of carbonyl (C=O) groups is 1. The predicted molar refractivity (Wildman–Crippen MR) is 59.3 cm³/mol. The maximum absolute atomic E-state index is 10.3. The quantitative estimate of drug-likeness (QED) is 0.632. The molecule has 84 valence electrons. The second-order valence-corrected chi connectivity index (χ2v) is 5.98. The molecule has 0 saturated carbocycles. The van der Waals surface area contributed by atoms with E-state index in [1.807, 2.05) is 18.5 Å². The number of aliphatic carboxylic acids is 1. The molecule has 1 N–H and O–H groups in total. The van der Waals surface area contributed by atoms with Gasteiger partial charge in [-0.05, 0) is 0 Å². The molecular weight excluding hydrogens is 259 g/mol. The zero-order chi connectivity index (χ0) is 11.3. The Bertz CT molecular complexity index is 336. The fourth-order valence-electron chi connectivity index (χ4n) is 1.31. The maximum atomic E-state index is 10.3. The summed E-state index contributed by atoms with van der Waals surface area (Å²) in [5.74, 6) is -0.692. The van der Waals surface area contributed by atoms with Gasteiger partial charge in [0.2, 0.25) is 0 Å². The number of carboxylic acid groups (broad SMARTS) is 1. The number of hydrogen-bond donors (Lipinski definition) is 1. The van der Waals surface area contributed by atoms with E-state index in [0.29, 0.717) is 21.4 Å². The first kappa shape index (κ1) is 12.3. The molecule has 0 fully saturated rings. The van der Waals surface area contributed by atoms with Crippen molar-refractivity contribution in [1.82, 2.24) is 9.78 Å². The van der Waals surface area contributed by atoms with Crippen LogP contribution in [0.1, 0.15) is 17.8 Å². The third kappa shape index (κ3) is 4.49. The minimum atomic E-state index is -0.692. The third-order valence-corrected chi connectivity index (χ3v) is 4.03. The average Bonchev–Trinajstić information content (AvgIpc) is 2.44. The van der Waals surface area contributed by atoms with E-state index in [4.69, 9.17) is 5.11 Å². The molecule has 0 radical (unpaired) electrons. The molecule has 1 aromatic heterocycles. The SMILES string of the molecule is Cc1cc(C)n(CC[Se]CCC(=O)O)n1. The number of nitrogens with zero attached hydrogens (tertiary/aromatic N) is 2. The van der Waals surface area contributed by atoms with Gasteiger partial charge in [-0.25, -0.2) is 0 Å². The monoisotopic (exact) mass is 276 g/mol. The predicted octanol–water partition coefficient (Wildman–Crippen LogP) is 1.52. The first-order valence-corrected chi connectivity index (χ1v) is 7.32. The van der Waals surface area contributed by atoms with E-state index in [0.717, 1.165) is 22.9 Å². The van der Waals surface area contributed by atoms with Crippen LogP contribution in [0, 0.1) is 13.8 Å². The van der Waals surface area contributed by atoms with Crippen LogP contribution in [0.3, 0.4) is 0 Å². The van der Waals surface area contributed by atoms with Crippen molar-refractivity contribution in [3.63, 3.8) is 0 Å². The zero-order valence-corrected chi connectivity index (χ0v) is 10.8. The van der Waals surface area contributed by atoms with E-state index < -0.39 is 5.97 Å². The molecule has 0 aromatic carbocycles. The van der Waals surface area contributed by atoms with Crippen LogP contribution in [-0.2, 0) is 11.3 Å². The van der Waals surface area contributed by atoms with Crippen molar-refractivity contribution in [3.05, 3.63) is 17.5 Å². The molecule has 0 aliphatic heterocycles. The Morgan fingerprint density at radius 1 is 1.53 bits per heavy atom. The molecule has 0 saturated heterocycles. The molecule has 0 aliphatic rings. The van der Waals surface area contributed by atoms with E-state index in [1.54, 1.807) is 0 Å². The number of carboxylic acids is 1. The summed E-state index contributed by atoms with van der Waals surface area (Å²) < 4.78 is 2.00. The van der Waals surface area contributed by atoms with Gasteiger partial charge in [0.15, 0.2) is 0 Å². The van der Waals surface area contributed by atoms with E-state index in [2.05, 4.69) is 11.2 Å². The molecular formula is C10H16N2O2Se. The van der Waals surface area contributed by atoms with Gasteiger partial charge < -0.3 is 0 Å². The Morgan fingerprint density at radius 2 is 2.27 bits per heavy atom. The van der Waals surface area contributed by atoms with Gasteiger partial charge in [0.05, 0.1) is 0 Å². The van der Waals surface area contributed by atoms with Gasteiger partial charge in [-0.2, -0.15) is 0 Å². The molecule has 5 heteroatoms. The molecule has 4 nitrogen and oxygen atoms in total. The van der Waals surface area contributed by atoms with Gasteiger partial charge in [0.25, 0.3) is 0 Å². The standard InChI is InChI=1S/C10H16N2O2Se/c1-8-7-9(2)12(11-8)4-6-15-5-3-10(13)14/h7H,3-6H2,1-2H3,(H,13,14). The number of hydrogen-bond acceptors (Lipinski definition) is 2. The van der Waals surface area contributed by atoms with Crippen LogP contribution in [0.15, 0.2) is 6.07 Å². The van der Waals surface area contributed by atoms with Crippen molar-refractivity contribution < 1.29 is 9.90 Å². The number of aryl methyl sites for hydroxylation is 3. The molecule has 0 amide bonds. The molecule has 1 rings (SSSR count). The summed E-state index contributed by atoms with van der Waals surface area (Å²) in [6.07, 6.45) is 0.303. The summed E-state index contributed by atoms with van der Waals surface area (Å²) in [5.41, 5.74) is 2.23. The summed E-state index contributed by atoms with van der Waals surface area (Å²) in [4.78, 5) is 10.3. The summed E-state index contributed by atoms with van der Waals surface area (Å²) in [5, 5.41) is 14.7. The van der Waals surface area contributed by atoms with Crippen LogP contribution in [0.2, 0.25) is 10.6 Å². The molecule has 0 aliphatic carbocycles. The van der Waals surface area contributed by atoms with Crippen LogP contribution in [0.5, 0.6) is 0 Å². The molecule has 1 heterocycles. The molecule has 0 atom stereocenters. The van der Waals surface area contributed by atoms with Gasteiger partial charge >= 0.3 is 95.5 Å². The topological polar surface area (TPSA) is 55.1 Å². The third-order valence-electron chi connectivity index (χ3n) is 2.01. The van der Waals surface area contributed by atoms with Crippen molar-refractivity contribution in [1.29, 1.82) is 0 Å². The Kier molecular flexibility index (Phi) is 4.85. The van der Waals surface area contributed by atoms with Crippen molar-refractivity contribution in [2.45, 2.75) is 37.5 Å². The van der Waals surface area contributed by atoms with Gasteiger partial charge in [0, 0.05) is 0 Å². The number of aromatic nitrogens is 2. The van der Waals surface area contributed by atoms with Gasteiger partial charge in [-0.1, -0.05) is 0 Å². The van der Waals surface area contributed by atoms with E-state index in [-0.39, 0.29) is 0 Å². The summed E-state index contributed by atoms with van der Waals surface area (Å²) in [7, 11) is 0. The van der Waals surface area contributed by atoms with E-state index >= 15 is 0 Å². The Balaban J connectivity index is 2.20. The second-order valence-electron chi connectivity index (χ2n) is 3.41. The van der Waals surface area contributed by atoms with Crippen molar-refractivity contribution in [2.24, 2.45) is 0 Å². The fraction of sp³-hybridized carbons (Fsp3) is 0.600. The van der Waals surface area contributed by atoms with Gasteiger partial charge in [-0.3, -0.25) is 0 Å². The normalized spacial score (nSPS) is 10.5. The Hall–Kier alpha value is -0.801. The van der Waals surface area contributed by atoms with Crippen molar-refractivity contribution >= 4 is 20.9 Å². The van der Waals surface area contributed by atoms with Crippen LogP contribution < -0.4 is 0 Å². The van der Waals surface area contributed by atoms with Gasteiger partial charge in [0.1, 0.15) is 0 Å². The molecule has 0 unspecified atom stereocenters. The van der Waals surface area contributed by atoms with E-state index in [9.17, 15) is 4.79 Å². The summed E-state index contributed by atoms with van der Waals surface area (Å²) in [6, 6.07) is 2.06. The first-order valence-electron chi connectivity index (χ1n) is 4.90. The molecule has 0 spiro atoms. The zero-order valence-electron chi connectivity index (χ0n) is 9.06. The molecule has 15 heavy (non-hydrogen) atoms. The second kappa shape index (κ2) is 5.93. The summed E-state index contributed by atoms with van der Waals surface area (Å²) >= 11 is 0.421. The van der Waals surface area contributed by atoms with Crippen molar-refractivity contribution in [3.8, 4) is 0 Å². The molecule has 0 bridgehead atoms. The van der Waals surface area contributed by atoms with Crippen LogP contribution >= 0.6 is 0 Å². The Labute approximate surface area is 95.8 Å². The van der Waals surface area contributed by atoms with Crippen molar-refractivity contribution in [2.75, 3.05) is 0 Å². The minimum absolute atomic E-state index is 0.303. The fourth-order valence-corrected chi connectivity index (χ4v) is 3.05. The Morgan fingerprint density at radius 3 is 2.80 bits per heavy atom. The van der Waals surface area contributed by atoms with E-state index in [1.165, 1.54) is 5.69 Å². The van der Waals surface area contributed by atoms with Gasteiger partial charge in [-0.15, -0.1) is 0 Å². The summed E-state index contributed by atoms with van der Waals surface area (Å²) in [6.45, 7) is 4.95. The van der Waals surface area contributed by atoms with Crippen LogP contribution in [0.4, 0.5) is 0 Å². The van der Waals surface area contributed by atoms with Crippen LogP contribution in [-0.4, -0.2) is 35.8 Å². The number of rotatable bonds is 6. The van der Waals surface area contributed by atoms with Crippen LogP contribution in [0.25, 0.3) is 0 Å². The average molecular weight is 275 g/mol. The molecule has 1 aromatic rings.